The quantitative estimate of drug-likeness (QED) is 0.628. The highest BCUT2D eigenvalue weighted by Gasteiger charge is 2.67. The smallest absolute Gasteiger partial charge is 0.312 e. The van der Waals surface area contributed by atoms with Gasteiger partial charge in [0.25, 0.3) is 0 Å². The molecule has 0 unspecified atom stereocenters. The number of anilines is 1. The molecule has 3 heterocycles. The average Bonchev–Trinajstić information content (AvgIpc) is 3.17. The van der Waals surface area contributed by atoms with Crippen LogP contribution in [0.25, 0.3) is 0 Å². The summed E-state index contributed by atoms with van der Waals surface area (Å²) in [5.74, 6) is -1.55. The van der Waals surface area contributed by atoms with Gasteiger partial charge in [-0.25, -0.2) is 0 Å². The molecule has 1 amide bonds. The molecule has 0 saturated carbocycles. The summed E-state index contributed by atoms with van der Waals surface area (Å²) in [5, 5.41) is 0.611. The fraction of sp³-hybridized carbons (Fsp3) is 0.412. The molecule has 23 heavy (non-hydrogen) atoms. The zero-order chi connectivity index (χ0) is 16.2. The third-order valence-corrected chi connectivity index (χ3v) is 5.05. The molecule has 0 N–H and O–H groups in total. The molecule has 1 aromatic rings. The van der Waals surface area contributed by atoms with Gasteiger partial charge in [0.15, 0.2) is 0 Å². The second-order valence-electron chi connectivity index (χ2n) is 6.05. The first-order valence-corrected chi connectivity index (χ1v) is 8.04. The minimum absolute atomic E-state index is 0.0998. The summed E-state index contributed by atoms with van der Waals surface area (Å²) in [7, 11) is 0. The van der Waals surface area contributed by atoms with Gasteiger partial charge in [-0.1, -0.05) is 23.8 Å². The van der Waals surface area contributed by atoms with Crippen molar-refractivity contribution in [3.05, 3.63) is 41.4 Å². The minimum Gasteiger partial charge on any atom is -0.466 e. The molecule has 0 radical (unpaired) electrons. The molecule has 4 rings (SSSR count). The highest BCUT2D eigenvalue weighted by atomic mass is 35.5. The van der Waals surface area contributed by atoms with Crippen molar-refractivity contribution < 1.29 is 19.1 Å². The maximum absolute atomic E-state index is 12.9. The zero-order valence-corrected chi connectivity index (χ0v) is 13.3. The molecule has 3 aliphatic rings. The largest absolute Gasteiger partial charge is 0.466 e. The number of esters is 1. The Morgan fingerprint density at radius 3 is 2.87 bits per heavy atom. The van der Waals surface area contributed by atoms with E-state index >= 15 is 0 Å². The maximum Gasteiger partial charge on any atom is 0.312 e. The van der Waals surface area contributed by atoms with Crippen molar-refractivity contribution in [3.63, 3.8) is 0 Å². The molecular weight excluding hydrogens is 318 g/mol. The van der Waals surface area contributed by atoms with E-state index in [0.717, 1.165) is 5.69 Å². The van der Waals surface area contributed by atoms with Gasteiger partial charge in [0.05, 0.1) is 25.2 Å². The Kier molecular flexibility index (Phi) is 3.25. The summed E-state index contributed by atoms with van der Waals surface area (Å²) in [6.07, 6.45) is 3.43. The molecule has 4 atom stereocenters. The minimum atomic E-state index is -0.723. The Bertz CT molecular complexity index is 701. The molecule has 1 spiro atoms. The van der Waals surface area contributed by atoms with Gasteiger partial charge < -0.3 is 14.4 Å². The monoisotopic (exact) mass is 333 g/mol. The lowest BCUT2D eigenvalue weighted by molar-refractivity contribution is -0.151. The van der Waals surface area contributed by atoms with E-state index in [0.29, 0.717) is 18.2 Å². The van der Waals surface area contributed by atoms with Gasteiger partial charge in [0.1, 0.15) is 11.5 Å². The van der Waals surface area contributed by atoms with Crippen molar-refractivity contribution in [1.29, 1.82) is 0 Å². The summed E-state index contributed by atoms with van der Waals surface area (Å²) in [6, 6.07) is 7.08. The Morgan fingerprint density at radius 2 is 2.17 bits per heavy atom. The average molecular weight is 334 g/mol. The lowest BCUT2D eigenvalue weighted by atomic mass is 9.77. The Labute approximate surface area is 138 Å². The number of carbonyl (C=O) groups excluding carboxylic acids is 2. The lowest BCUT2D eigenvalue weighted by Crippen LogP contribution is -2.40. The van der Waals surface area contributed by atoms with Crippen LogP contribution in [-0.4, -0.2) is 36.7 Å². The Balaban J connectivity index is 1.68. The van der Waals surface area contributed by atoms with Crippen LogP contribution in [0.15, 0.2) is 36.4 Å². The number of amides is 1. The predicted molar refractivity (Wildman–Crippen MR) is 84.2 cm³/mol. The number of benzene rings is 1. The number of ether oxygens (including phenoxy) is 2. The van der Waals surface area contributed by atoms with E-state index in [1.165, 1.54) is 0 Å². The van der Waals surface area contributed by atoms with Gasteiger partial charge in [-0.3, -0.25) is 9.59 Å². The predicted octanol–water partition coefficient (Wildman–Crippen LogP) is 2.19. The highest BCUT2D eigenvalue weighted by molar-refractivity contribution is 6.30. The number of hydrogen-bond donors (Lipinski definition) is 0. The Hall–Kier alpha value is -1.85. The molecule has 1 aromatic carbocycles. The molecule has 3 aliphatic heterocycles. The summed E-state index contributed by atoms with van der Waals surface area (Å²) >= 11 is 5.91. The zero-order valence-electron chi connectivity index (χ0n) is 12.6. The molecule has 2 fully saturated rings. The number of halogens is 1. The van der Waals surface area contributed by atoms with E-state index in [2.05, 4.69) is 0 Å². The van der Waals surface area contributed by atoms with Crippen LogP contribution in [0.5, 0.6) is 0 Å². The van der Waals surface area contributed by atoms with Crippen molar-refractivity contribution in [3.8, 4) is 0 Å². The van der Waals surface area contributed by atoms with E-state index < -0.39 is 17.4 Å². The van der Waals surface area contributed by atoms with Crippen LogP contribution >= 0.6 is 11.6 Å². The molecule has 120 valence electrons. The van der Waals surface area contributed by atoms with Gasteiger partial charge >= 0.3 is 5.97 Å². The van der Waals surface area contributed by atoms with Crippen LogP contribution in [0.3, 0.4) is 0 Å². The van der Waals surface area contributed by atoms with Gasteiger partial charge in [0.2, 0.25) is 5.91 Å². The first-order chi connectivity index (χ1) is 11.1. The van der Waals surface area contributed by atoms with Gasteiger partial charge in [-0.05, 0) is 31.2 Å². The van der Waals surface area contributed by atoms with Crippen molar-refractivity contribution in [2.75, 3.05) is 18.1 Å². The molecule has 0 aromatic heterocycles. The second-order valence-corrected chi connectivity index (χ2v) is 6.49. The van der Waals surface area contributed by atoms with E-state index in [1.54, 1.807) is 36.1 Å². The molecule has 0 aliphatic carbocycles. The standard InChI is InChI=1S/C17H16ClNO4/c1-2-22-16(21)13-12-7-8-17(23-12)9-19(15(20)14(13)17)11-5-3-10(18)4-6-11/h3-8,12-14H,2,9H2,1H3/t12-,13+,14+,17-/m1/s1. The van der Waals surface area contributed by atoms with E-state index in [9.17, 15) is 9.59 Å². The van der Waals surface area contributed by atoms with Crippen LogP contribution in [0, 0.1) is 11.8 Å². The van der Waals surface area contributed by atoms with Crippen molar-refractivity contribution in [2.24, 2.45) is 11.8 Å². The number of rotatable bonds is 3. The summed E-state index contributed by atoms with van der Waals surface area (Å²) < 4.78 is 11.2. The van der Waals surface area contributed by atoms with Crippen LogP contribution in [0.4, 0.5) is 5.69 Å². The number of hydrogen-bond acceptors (Lipinski definition) is 4. The SMILES string of the molecule is CCOC(=O)[C@@H]1[C@H]2C(=O)N(c3ccc(Cl)cc3)C[C@]23C=C[C@H]1O3. The third kappa shape index (κ3) is 2.03. The van der Waals surface area contributed by atoms with Crippen LogP contribution in [0.1, 0.15) is 6.92 Å². The van der Waals surface area contributed by atoms with Crippen LogP contribution < -0.4 is 4.90 Å². The van der Waals surface area contributed by atoms with Gasteiger partial charge in [-0.15, -0.1) is 0 Å². The molecule has 2 saturated heterocycles. The normalized spacial score (nSPS) is 34.1. The van der Waals surface area contributed by atoms with E-state index in [-0.39, 0.29) is 18.0 Å². The Morgan fingerprint density at radius 1 is 1.43 bits per heavy atom. The van der Waals surface area contributed by atoms with Gasteiger partial charge in [-0.2, -0.15) is 0 Å². The van der Waals surface area contributed by atoms with Crippen LogP contribution in [-0.2, 0) is 19.1 Å². The fourth-order valence-electron chi connectivity index (χ4n) is 3.85. The molecule has 2 bridgehead atoms. The molecule has 5 nitrogen and oxygen atoms in total. The van der Waals surface area contributed by atoms with Gasteiger partial charge in [0, 0.05) is 10.7 Å². The van der Waals surface area contributed by atoms with Crippen molar-refractivity contribution in [1.82, 2.24) is 0 Å². The first kappa shape index (κ1) is 14.7. The third-order valence-electron chi connectivity index (χ3n) is 4.80. The van der Waals surface area contributed by atoms with Crippen LogP contribution in [0.2, 0.25) is 5.02 Å². The summed E-state index contributed by atoms with van der Waals surface area (Å²) in [5.41, 5.74) is 0.0324. The number of fused-ring (bicyclic) bond motifs is 1. The molecular formula is C17H16ClNO4. The van der Waals surface area contributed by atoms with Crippen molar-refractivity contribution in [2.45, 2.75) is 18.6 Å². The topological polar surface area (TPSA) is 55.8 Å². The van der Waals surface area contributed by atoms with Crippen molar-refractivity contribution >= 4 is 29.2 Å². The highest BCUT2D eigenvalue weighted by Crippen LogP contribution is 2.52. The molecule has 6 heteroatoms. The lowest BCUT2D eigenvalue weighted by Gasteiger charge is -2.22. The second kappa shape index (κ2) is 5.08. The van der Waals surface area contributed by atoms with E-state index in [4.69, 9.17) is 21.1 Å². The van der Waals surface area contributed by atoms with E-state index in [1.807, 2.05) is 12.2 Å². The summed E-state index contributed by atoms with van der Waals surface area (Å²) in [4.78, 5) is 26.9. The summed E-state index contributed by atoms with van der Waals surface area (Å²) in [6.45, 7) is 2.45. The fourth-order valence-corrected chi connectivity index (χ4v) is 3.97. The number of carbonyl (C=O) groups is 2. The maximum atomic E-state index is 12.9. The number of nitrogens with zero attached hydrogens (tertiary/aromatic N) is 1. The first-order valence-electron chi connectivity index (χ1n) is 7.66.